The molecule has 2 nitrogen and oxygen atoms in total. The van der Waals surface area contributed by atoms with Gasteiger partial charge >= 0.3 is 0 Å². The predicted octanol–water partition coefficient (Wildman–Crippen LogP) is 4.56. The zero-order valence-corrected chi connectivity index (χ0v) is 12.4. The molecular weight excluding hydrogens is 272 g/mol. The Morgan fingerprint density at radius 3 is 2.52 bits per heavy atom. The van der Waals surface area contributed by atoms with Crippen LogP contribution in [0.2, 0.25) is 0 Å². The van der Waals surface area contributed by atoms with Crippen molar-refractivity contribution in [3.8, 4) is 11.5 Å². The molecule has 0 aliphatic heterocycles. The van der Waals surface area contributed by atoms with E-state index in [1.54, 1.807) is 6.07 Å². The molecule has 0 aliphatic rings. The highest BCUT2D eigenvalue weighted by molar-refractivity contribution is 5.38. The SMILES string of the molecule is Cc1cc(Oc2cc(F)ccc2F)ccc1CNC(C)C. The Labute approximate surface area is 123 Å². The molecule has 0 amide bonds. The number of benzene rings is 2. The highest BCUT2D eigenvalue weighted by Crippen LogP contribution is 2.26. The van der Waals surface area contributed by atoms with Gasteiger partial charge in [0.05, 0.1) is 0 Å². The van der Waals surface area contributed by atoms with Crippen LogP contribution in [0.3, 0.4) is 0 Å². The van der Waals surface area contributed by atoms with Gasteiger partial charge in [-0.1, -0.05) is 19.9 Å². The van der Waals surface area contributed by atoms with Crippen molar-refractivity contribution in [2.45, 2.75) is 33.4 Å². The summed E-state index contributed by atoms with van der Waals surface area (Å²) in [6.07, 6.45) is 0. The van der Waals surface area contributed by atoms with Crippen LogP contribution < -0.4 is 10.1 Å². The summed E-state index contributed by atoms with van der Waals surface area (Å²) in [5.41, 5.74) is 2.19. The smallest absolute Gasteiger partial charge is 0.165 e. The van der Waals surface area contributed by atoms with Crippen LogP contribution in [0.1, 0.15) is 25.0 Å². The van der Waals surface area contributed by atoms with Gasteiger partial charge in [0.1, 0.15) is 11.6 Å². The molecule has 4 heteroatoms. The van der Waals surface area contributed by atoms with Crippen molar-refractivity contribution in [3.05, 3.63) is 59.2 Å². The van der Waals surface area contributed by atoms with Gasteiger partial charge in [-0.25, -0.2) is 8.78 Å². The van der Waals surface area contributed by atoms with Gasteiger partial charge < -0.3 is 10.1 Å². The van der Waals surface area contributed by atoms with Gasteiger partial charge in [0, 0.05) is 18.7 Å². The van der Waals surface area contributed by atoms with Crippen LogP contribution >= 0.6 is 0 Å². The van der Waals surface area contributed by atoms with Crippen molar-refractivity contribution in [2.75, 3.05) is 0 Å². The Balaban J connectivity index is 2.14. The first-order valence-electron chi connectivity index (χ1n) is 6.91. The van der Waals surface area contributed by atoms with Crippen molar-refractivity contribution in [3.63, 3.8) is 0 Å². The molecule has 0 aliphatic carbocycles. The number of halogens is 2. The fourth-order valence-electron chi connectivity index (χ4n) is 1.93. The van der Waals surface area contributed by atoms with Gasteiger partial charge in [-0.05, 0) is 42.3 Å². The van der Waals surface area contributed by atoms with Gasteiger partial charge in [-0.15, -0.1) is 0 Å². The average molecular weight is 291 g/mol. The van der Waals surface area contributed by atoms with Gasteiger partial charge in [-0.2, -0.15) is 0 Å². The monoisotopic (exact) mass is 291 g/mol. The van der Waals surface area contributed by atoms with Crippen LogP contribution in [0.5, 0.6) is 11.5 Å². The zero-order valence-electron chi connectivity index (χ0n) is 12.4. The minimum absolute atomic E-state index is 0.109. The van der Waals surface area contributed by atoms with E-state index in [1.165, 1.54) is 0 Å². The molecule has 0 spiro atoms. The van der Waals surface area contributed by atoms with Crippen molar-refractivity contribution < 1.29 is 13.5 Å². The van der Waals surface area contributed by atoms with E-state index in [0.29, 0.717) is 11.8 Å². The third-order valence-electron chi connectivity index (χ3n) is 3.14. The summed E-state index contributed by atoms with van der Waals surface area (Å²) >= 11 is 0. The second kappa shape index (κ2) is 6.68. The van der Waals surface area contributed by atoms with Crippen LogP contribution in [-0.4, -0.2) is 6.04 Å². The number of rotatable bonds is 5. The molecule has 112 valence electrons. The molecule has 0 fully saturated rings. The molecule has 0 unspecified atom stereocenters. The predicted molar refractivity (Wildman–Crippen MR) is 79.6 cm³/mol. The van der Waals surface area contributed by atoms with E-state index in [2.05, 4.69) is 19.2 Å². The second-order valence-corrected chi connectivity index (χ2v) is 5.30. The summed E-state index contributed by atoms with van der Waals surface area (Å²) in [5, 5.41) is 3.34. The molecule has 21 heavy (non-hydrogen) atoms. The van der Waals surface area contributed by atoms with Crippen molar-refractivity contribution in [2.24, 2.45) is 0 Å². The third-order valence-corrected chi connectivity index (χ3v) is 3.14. The number of hydrogen-bond donors (Lipinski definition) is 1. The molecule has 0 aromatic heterocycles. The van der Waals surface area contributed by atoms with Gasteiger partial charge in [0.25, 0.3) is 0 Å². The quantitative estimate of drug-likeness (QED) is 0.871. The highest BCUT2D eigenvalue weighted by atomic mass is 19.1. The van der Waals surface area contributed by atoms with E-state index in [9.17, 15) is 8.78 Å². The molecule has 0 saturated carbocycles. The van der Waals surface area contributed by atoms with E-state index < -0.39 is 11.6 Å². The minimum atomic E-state index is -0.584. The first-order chi connectivity index (χ1) is 9.95. The van der Waals surface area contributed by atoms with Gasteiger partial charge in [0.2, 0.25) is 0 Å². The van der Waals surface area contributed by atoms with Crippen LogP contribution in [0.25, 0.3) is 0 Å². The number of ether oxygens (including phenoxy) is 1. The van der Waals surface area contributed by atoms with E-state index >= 15 is 0 Å². The topological polar surface area (TPSA) is 21.3 Å². The lowest BCUT2D eigenvalue weighted by Crippen LogP contribution is -2.22. The molecule has 2 rings (SSSR count). The molecule has 0 heterocycles. The van der Waals surface area contributed by atoms with Crippen molar-refractivity contribution >= 4 is 0 Å². The Bertz CT molecular complexity index is 626. The van der Waals surface area contributed by atoms with Gasteiger partial charge in [-0.3, -0.25) is 0 Å². The first-order valence-corrected chi connectivity index (χ1v) is 6.91. The van der Waals surface area contributed by atoms with Crippen LogP contribution in [0.15, 0.2) is 36.4 Å². The van der Waals surface area contributed by atoms with E-state index in [1.807, 2.05) is 19.1 Å². The molecule has 2 aromatic carbocycles. The number of nitrogens with one attached hydrogen (secondary N) is 1. The Kier molecular flexibility index (Phi) is 4.91. The zero-order chi connectivity index (χ0) is 15.4. The number of hydrogen-bond acceptors (Lipinski definition) is 2. The molecule has 1 N–H and O–H groups in total. The minimum Gasteiger partial charge on any atom is -0.454 e. The van der Waals surface area contributed by atoms with Crippen molar-refractivity contribution in [1.82, 2.24) is 5.32 Å². The largest absolute Gasteiger partial charge is 0.454 e. The van der Waals surface area contributed by atoms with Gasteiger partial charge in [0.15, 0.2) is 11.6 Å². The molecule has 0 atom stereocenters. The van der Waals surface area contributed by atoms with E-state index in [-0.39, 0.29) is 5.75 Å². The van der Waals surface area contributed by atoms with Crippen LogP contribution in [0.4, 0.5) is 8.78 Å². The van der Waals surface area contributed by atoms with Crippen molar-refractivity contribution in [1.29, 1.82) is 0 Å². The number of aryl methyl sites for hydroxylation is 1. The standard InChI is InChI=1S/C17H19F2NO/c1-11(2)20-10-13-4-6-15(8-12(13)3)21-17-9-14(18)5-7-16(17)19/h4-9,11,20H,10H2,1-3H3. The summed E-state index contributed by atoms with van der Waals surface area (Å²) < 4.78 is 32.1. The Hall–Kier alpha value is -1.94. The summed E-state index contributed by atoms with van der Waals surface area (Å²) in [4.78, 5) is 0. The average Bonchev–Trinajstić information content (AvgIpc) is 2.42. The maximum atomic E-state index is 13.5. The molecule has 0 bridgehead atoms. The molecule has 0 radical (unpaired) electrons. The fourth-order valence-corrected chi connectivity index (χ4v) is 1.93. The van der Waals surface area contributed by atoms with Crippen LogP contribution in [0, 0.1) is 18.6 Å². The lowest BCUT2D eigenvalue weighted by molar-refractivity contribution is 0.436. The summed E-state index contributed by atoms with van der Waals surface area (Å²) in [6.45, 7) is 6.89. The maximum absolute atomic E-state index is 13.5. The Morgan fingerprint density at radius 1 is 1.10 bits per heavy atom. The normalized spacial score (nSPS) is 11.0. The lowest BCUT2D eigenvalue weighted by Gasteiger charge is -2.12. The third kappa shape index (κ3) is 4.26. The van der Waals surface area contributed by atoms with Crippen LogP contribution in [-0.2, 0) is 6.54 Å². The highest BCUT2D eigenvalue weighted by Gasteiger charge is 2.08. The second-order valence-electron chi connectivity index (χ2n) is 5.30. The lowest BCUT2D eigenvalue weighted by atomic mass is 10.1. The maximum Gasteiger partial charge on any atom is 0.165 e. The van der Waals surface area contributed by atoms with E-state index in [0.717, 1.165) is 35.9 Å². The summed E-state index contributed by atoms with van der Waals surface area (Å²) in [6, 6.07) is 9.07. The summed E-state index contributed by atoms with van der Waals surface area (Å²) in [5.74, 6) is -0.728. The molecule has 0 saturated heterocycles. The summed E-state index contributed by atoms with van der Waals surface area (Å²) in [7, 11) is 0. The Morgan fingerprint density at radius 2 is 1.86 bits per heavy atom. The molecule has 2 aromatic rings. The van der Waals surface area contributed by atoms with E-state index in [4.69, 9.17) is 4.74 Å². The molecular formula is C17H19F2NO. The first kappa shape index (κ1) is 15.4. The fraction of sp³-hybridized carbons (Fsp3) is 0.294.